The Morgan fingerprint density at radius 1 is 1.47 bits per heavy atom. The van der Waals surface area contributed by atoms with E-state index in [0.29, 0.717) is 11.9 Å². The second-order valence-electron chi connectivity index (χ2n) is 4.43. The number of hydrogen-bond donors (Lipinski definition) is 1. The first-order chi connectivity index (χ1) is 7.69. The highest BCUT2D eigenvalue weighted by molar-refractivity contribution is 9.10. The lowest BCUT2D eigenvalue weighted by Gasteiger charge is -2.21. The number of aryl methyl sites for hydroxylation is 1. The predicted octanol–water partition coefficient (Wildman–Crippen LogP) is 1.28. The third-order valence-electron chi connectivity index (χ3n) is 2.09. The van der Waals surface area contributed by atoms with Crippen LogP contribution in [-0.4, -0.2) is 35.3 Å². The molecule has 17 heavy (non-hydrogen) atoms. The van der Waals surface area contributed by atoms with Crippen molar-refractivity contribution < 1.29 is 8.42 Å². The fourth-order valence-corrected chi connectivity index (χ4v) is 3.54. The Bertz CT molecular complexity index is 478. The van der Waals surface area contributed by atoms with Gasteiger partial charge < -0.3 is 0 Å². The molecule has 98 valence electrons. The van der Waals surface area contributed by atoms with Gasteiger partial charge in [-0.05, 0) is 21.3 Å². The van der Waals surface area contributed by atoms with E-state index >= 15 is 0 Å². The Morgan fingerprint density at radius 3 is 2.47 bits per heavy atom. The smallest absolute Gasteiger partial charge is 0.235 e. The van der Waals surface area contributed by atoms with Crippen molar-refractivity contribution in [2.24, 2.45) is 12.5 Å². The van der Waals surface area contributed by atoms with E-state index < -0.39 is 10.0 Å². The molecule has 0 saturated heterocycles. The number of nitrogens with one attached hydrogen (secondary N) is 1. The first-order valence-electron chi connectivity index (χ1n) is 4.80. The lowest BCUT2D eigenvalue weighted by molar-refractivity contribution is 0.418. The zero-order valence-corrected chi connectivity index (χ0v) is 13.7. The lowest BCUT2D eigenvalue weighted by Crippen LogP contribution is -2.35. The highest BCUT2D eigenvalue weighted by Gasteiger charge is 2.26. The van der Waals surface area contributed by atoms with Crippen LogP contribution < -0.4 is 4.72 Å². The molecule has 1 aromatic heterocycles. The maximum absolute atomic E-state index is 12.0. The fourth-order valence-electron chi connectivity index (χ4n) is 1.01. The summed E-state index contributed by atoms with van der Waals surface area (Å²) in [5.74, 6) is 0. The quantitative estimate of drug-likeness (QED) is 0.769. The molecule has 1 N–H and O–H groups in total. The molecule has 0 bridgehead atoms. The van der Waals surface area contributed by atoms with Crippen LogP contribution >= 0.6 is 31.9 Å². The summed E-state index contributed by atoms with van der Waals surface area (Å²) in [5, 5.41) is 8.02. The summed E-state index contributed by atoms with van der Waals surface area (Å²) in [4.78, 5) is 0. The van der Waals surface area contributed by atoms with Gasteiger partial charge in [0.25, 0.3) is 10.0 Å². The van der Waals surface area contributed by atoms with E-state index in [4.69, 9.17) is 0 Å². The van der Waals surface area contributed by atoms with Crippen molar-refractivity contribution in [2.45, 2.75) is 18.9 Å². The number of rotatable bonds is 5. The van der Waals surface area contributed by atoms with Crippen LogP contribution in [0.4, 0.5) is 0 Å². The monoisotopic (exact) mass is 388 g/mol. The van der Waals surface area contributed by atoms with Crippen molar-refractivity contribution in [1.29, 1.82) is 0 Å². The van der Waals surface area contributed by atoms with Gasteiger partial charge in [0.05, 0.1) is 0 Å². The Morgan fingerprint density at radius 2 is 2.06 bits per heavy atom. The molecule has 0 aromatic carbocycles. The van der Waals surface area contributed by atoms with Crippen LogP contribution in [-0.2, 0) is 17.1 Å². The Labute approximate surface area is 117 Å². The van der Waals surface area contributed by atoms with E-state index in [9.17, 15) is 8.42 Å². The van der Waals surface area contributed by atoms with Crippen LogP contribution in [0.15, 0.2) is 9.63 Å². The number of aromatic nitrogens is 3. The second-order valence-corrected chi connectivity index (χ2v) is 7.43. The molecular formula is C8H14Br2N4O2S. The molecule has 0 aliphatic rings. The molecule has 0 fully saturated rings. The molecule has 0 radical (unpaired) electrons. The van der Waals surface area contributed by atoms with E-state index in [-0.39, 0.29) is 15.0 Å². The topological polar surface area (TPSA) is 76.9 Å². The van der Waals surface area contributed by atoms with Gasteiger partial charge in [-0.25, -0.2) is 17.8 Å². The average molecular weight is 390 g/mol. The molecule has 0 atom stereocenters. The molecule has 0 spiro atoms. The maximum Gasteiger partial charge on any atom is 0.260 e. The average Bonchev–Trinajstić information content (AvgIpc) is 2.57. The van der Waals surface area contributed by atoms with E-state index in [2.05, 4.69) is 46.9 Å². The fraction of sp³-hybridized carbons (Fsp3) is 0.750. The van der Waals surface area contributed by atoms with Gasteiger partial charge in [0, 0.05) is 18.9 Å². The number of sulfonamides is 1. The zero-order valence-electron chi connectivity index (χ0n) is 9.74. The van der Waals surface area contributed by atoms with Gasteiger partial charge in [0.15, 0.2) is 4.60 Å². The minimum atomic E-state index is -3.60. The summed E-state index contributed by atoms with van der Waals surface area (Å²) < 4.78 is 28.1. The van der Waals surface area contributed by atoms with Crippen LogP contribution in [0.25, 0.3) is 0 Å². The summed E-state index contributed by atoms with van der Waals surface area (Å²) in [6.45, 7) is 4.25. The standard InChI is InChI=1S/C8H14Br2N4O2S/c1-8(2,4-9)5-11-17(15,16)7-6(10)12-13-14(7)3/h11H,4-5H2,1-3H3. The molecule has 1 heterocycles. The van der Waals surface area contributed by atoms with Crippen molar-refractivity contribution in [2.75, 3.05) is 11.9 Å². The minimum absolute atomic E-state index is 0.0304. The molecule has 0 amide bonds. The summed E-state index contributed by atoms with van der Waals surface area (Å²) in [7, 11) is -2.07. The van der Waals surface area contributed by atoms with Crippen molar-refractivity contribution in [1.82, 2.24) is 19.7 Å². The Balaban J connectivity index is 2.91. The predicted molar refractivity (Wildman–Crippen MR) is 71.5 cm³/mol. The number of alkyl halides is 1. The van der Waals surface area contributed by atoms with Crippen LogP contribution in [0.2, 0.25) is 0 Å². The Hall–Kier alpha value is 0.01000. The molecular weight excluding hydrogens is 376 g/mol. The number of hydrogen-bond acceptors (Lipinski definition) is 4. The molecule has 9 heteroatoms. The lowest BCUT2D eigenvalue weighted by atomic mass is 9.98. The zero-order chi connectivity index (χ0) is 13.3. The third kappa shape index (κ3) is 3.73. The van der Waals surface area contributed by atoms with Gasteiger partial charge in [-0.1, -0.05) is 35.0 Å². The highest BCUT2D eigenvalue weighted by Crippen LogP contribution is 2.20. The number of halogens is 2. The maximum atomic E-state index is 12.0. The van der Waals surface area contributed by atoms with E-state index in [1.165, 1.54) is 11.7 Å². The number of nitrogens with zero attached hydrogens (tertiary/aromatic N) is 3. The highest BCUT2D eigenvalue weighted by atomic mass is 79.9. The van der Waals surface area contributed by atoms with Crippen molar-refractivity contribution in [3.05, 3.63) is 4.60 Å². The first-order valence-corrected chi connectivity index (χ1v) is 8.20. The van der Waals surface area contributed by atoms with Crippen LogP contribution in [0, 0.1) is 5.41 Å². The molecule has 1 aromatic rings. The van der Waals surface area contributed by atoms with E-state index in [1.807, 2.05) is 13.8 Å². The molecule has 1 rings (SSSR count). The van der Waals surface area contributed by atoms with Gasteiger partial charge in [-0.15, -0.1) is 5.10 Å². The second kappa shape index (κ2) is 5.33. The van der Waals surface area contributed by atoms with E-state index in [1.54, 1.807) is 0 Å². The normalized spacial score (nSPS) is 13.0. The van der Waals surface area contributed by atoms with Crippen molar-refractivity contribution in [3.63, 3.8) is 0 Å². The van der Waals surface area contributed by atoms with Gasteiger partial charge in [-0.2, -0.15) is 0 Å². The summed E-state index contributed by atoms with van der Waals surface area (Å²) in [6.07, 6.45) is 0. The van der Waals surface area contributed by atoms with Crippen molar-refractivity contribution >= 4 is 41.9 Å². The molecule has 0 unspecified atom stereocenters. The molecule has 6 nitrogen and oxygen atoms in total. The van der Waals surface area contributed by atoms with E-state index in [0.717, 1.165) is 0 Å². The van der Waals surface area contributed by atoms with Crippen LogP contribution in [0.1, 0.15) is 13.8 Å². The summed E-state index contributed by atoms with van der Waals surface area (Å²) in [5.41, 5.74) is -0.161. The third-order valence-corrected chi connectivity index (χ3v) is 5.90. The van der Waals surface area contributed by atoms with Gasteiger partial charge in [-0.3, -0.25) is 0 Å². The minimum Gasteiger partial charge on any atom is -0.235 e. The van der Waals surface area contributed by atoms with Gasteiger partial charge in [0.2, 0.25) is 5.03 Å². The summed E-state index contributed by atoms with van der Waals surface area (Å²) in [6, 6.07) is 0. The largest absolute Gasteiger partial charge is 0.260 e. The van der Waals surface area contributed by atoms with Crippen LogP contribution in [0.5, 0.6) is 0 Å². The molecule has 0 aliphatic heterocycles. The van der Waals surface area contributed by atoms with Crippen molar-refractivity contribution in [3.8, 4) is 0 Å². The van der Waals surface area contributed by atoms with Gasteiger partial charge >= 0.3 is 0 Å². The first kappa shape index (κ1) is 15.1. The van der Waals surface area contributed by atoms with Gasteiger partial charge in [0.1, 0.15) is 0 Å². The van der Waals surface area contributed by atoms with Crippen LogP contribution in [0.3, 0.4) is 0 Å². The Kier molecular flexibility index (Phi) is 4.73. The summed E-state index contributed by atoms with van der Waals surface area (Å²) >= 11 is 6.41. The molecule has 0 aliphatic carbocycles. The SMILES string of the molecule is Cn1nnc(Br)c1S(=O)(=O)NCC(C)(C)CBr. The molecule has 0 saturated carbocycles.